The van der Waals surface area contributed by atoms with Crippen LogP contribution in [-0.4, -0.2) is 36.6 Å². The van der Waals surface area contributed by atoms with Gasteiger partial charge < -0.3 is 5.32 Å². The molecule has 1 N–H and O–H groups in total. The molecule has 0 aliphatic carbocycles. The van der Waals surface area contributed by atoms with E-state index in [2.05, 4.69) is 29.3 Å². The highest BCUT2D eigenvalue weighted by molar-refractivity contribution is 5.75. The zero-order valence-corrected chi connectivity index (χ0v) is 13.3. The molecule has 1 amide bonds. The van der Waals surface area contributed by atoms with Crippen molar-refractivity contribution in [1.29, 1.82) is 0 Å². The summed E-state index contributed by atoms with van der Waals surface area (Å²) in [6.45, 7) is 5.25. The number of alkyl halides is 3. The molecule has 1 aromatic rings. The molecule has 1 heterocycles. The third-order valence-corrected chi connectivity index (χ3v) is 4.25. The zero-order chi connectivity index (χ0) is 16.9. The summed E-state index contributed by atoms with van der Waals surface area (Å²) in [7, 11) is 0. The minimum Gasteiger partial charge on any atom is -0.356 e. The molecule has 2 rings (SSSR count). The standard InChI is InChI=1S/C17H23F3N2O/c1-13-4-2-3-5-15(13)12-22-9-7-14(11-22)10-21-16(23)6-8-17(18,19)20/h2-5,14H,6-12H2,1H3,(H,21,23). The fraction of sp³-hybridized carbons (Fsp3) is 0.588. The van der Waals surface area contributed by atoms with E-state index in [0.29, 0.717) is 12.5 Å². The molecule has 0 aromatic heterocycles. The normalized spacial score (nSPS) is 19.0. The summed E-state index contributed by atoms with van der Waals surface area (Å²) in [5.74, 6) is -0.200. The lowest BCUT2D eigenvalue weighted by Gasteiger charge is -2.17. The van der Waals surface area contributed by atoms with E-state index in [1.54, 1.807) is 0 Å². The summed E-state index contributed by atoms with van der Waals surface area (Å²) in [5.41, 5.74) is 2.55. The number of carbonyl (C=O) groups excluding carboxylic acids is 1. The van der Waals surface area contributed by atoms with Crippen LogP contribution >= 0.6 is 0 Å². The highest BCUT2D eigenvalue weighted by Crippen LogP contribution is 2.22. The summed E-state index contributed by atoms with van der Waals surface area (Å²) in [4.78, 5) is 13.8. The number of hydrogen-bond donors (Lipinski definition) is 1. The Bertz CT molecular complexity index is 531. The van der Waals surface area contributed by atoms with Crippen LogP contribution in [-0.2, 0) is 11.3 Å². The van der Waals surface area contributed by atoms with Crippen LogP contribution in [0.5, 0.6) is 0 Å². The molecule has 1 aliphatic heterocycles. The molecule has 1 unspecified atom stereocenters. The SMILES string of the molecule is Cc1ccccc1CN1CCC(CNC(=O)CCC(F)(F)F)C1. The van der Waals surface area contributed by atoms with Crippen LogP contribution < -0.4 is 5.32 Å². The van der Waals surface area contributed by atoms with Gasteiger partial charge in [0, 0.05) is 26.1 Å². The molecule has 0 radical (unpaired) electrons. The van der Waals surface area contributed by atoms with Crippen LogP contribution in [0.4, 0.5) is 13.2 Å². The van der Waals surface area contributed by atoms with Gasteiger partial charge in [-0.05, 0) is 36.9 Å². The van der Waals surface area contributed by atoms with E-state index in [4.69, 9.17) is 0 Å². The second-order valence-electron chi connectivity index (χ2n) is 6.24. The molecular formula is C17H23F3N2O. The molecule has 1 aromatic carbocycles. The minimum absolute atomic E-state index is 0.314. The van der Waals surface area contributed by atoms with Crippen LogP contribution in [0.2, 0.25) is 0 Å². The van der Waals surface area contributed by atoms with Gasteiger partial charge in [-0.2, -0.15) is 13.2 Å². The predicted molar refractivity (Wildman–Crippen MR) is 82.9 cm³/mol. The summed E-state index contributed by atoms with van der Waals surface area (Å²) >= 11 is 0. The van der Waals surface area contributed by atoms with E-state index in [9.17, 15) is 18.0 Å². The number of carbonyl (C=O) groups is 1. The summed E-state index contributed by atoms with van der Waals surface area (Å²) < 4.78 is 36.2. The molecule has 0 bridgehead atoms. The van der Waals surface area contributed by atoms with E-state index < -0.39 is 24.9 Å². The maximum Gasteiger partial charge on any atom is 0.389 e. The molecule has 1 fully saturated rings. The van der Waals surface area contributed by atoms with E-state index in [1.165, 1.54) is 11.1 Å². The van der Waals surface area contributed by atoms with Crippen molar-refractivity contribution in [2.24, 2.45) is 5.92 Å². The third-order valence-electron chi connectivity index (χ3n) is 4.25. The Kier molecular flexibility index (Phi) is 6.04. The first-order chi connectivity index (χ1) is 10.8. The molecule has 1 saturated heterocycles. The summed E-state index contributed by atoms with van der Waals surface area (Å²) in [6, 6.07) is 8.24. The number of rotatable bonds is 6. The Morgan fingerprint density at radius 1 is 1.35 bits per heavy atom. The van der Waals surface area contributed by atoms with Crippen molar-refractivity contribution in [3.05, 3.63) is 35.4 Å². The van der Waals surface area contributed by atoms with E-state index in [1.807, 2.05) is 12.1 Å². The lowest BCUT2D eigenvalue weighted by Crippen LogP contribution is -2.31. The second-order valence-corrected chi connectivity index (χ2v) is 6.24. The Labute approximate surface area is 134 Å². The number of halogens is 3. The molecule has 23 heavy (non-hydrogen) atoms. The number of likely N-dealkylation sites (tertiary alicyclic amines) is 1. The third kappa shape index (κ3) is 6.22. The largest absolute Gasteiger partial charge is 0.389 e. The van der Waals surface area contributed by atoms with E-state index >= 15 is 0 Å². The van der Waals surface area contributed by atoms with Gasteiger partial charge in [0.2, 0.25) is 5.91 Å². The molecule has 6 heteroatoms. The Morgan fingerprint density at radius 3 is 2.78 bits per heavy atom. The predicted octanol–water partition coefficient (Wildman–Crippen LogP) is 3.28. The van der Waals surface area contributed by atoms with Crippen LogP contribution in [0, 0.1) is 12.8 Å². The first-order valence-corrected chi connectivity index (χ1v) is 7.94. The quantitative estimate of drug-likeness (QED) is 0.869. The van der Waals surface area contributed by atoms with Gasteiger partial charge in [0.25, 0.3) is 0 Å². The van der Waals surface area contributed by atoms with Crippen molar-refractivity contribution in [2.45, 2.75) is 38.9 Å². The second kappa shape index (κ2) is 7.81. The van der Waals surface area contributed by atoms with Gasteiger partial charge in [0.15, 0.2) is 0 Å². The lowest BCUT2D eigenvalue weighted by molar-refractivity contribution is -0.144. The monoisotopic (exact) mass is 328 g/mol. The number of aryl methyl sites for hydroxylation is 1. The van der Waals surface area contributed by atoms with E-state index in [0.717, 1.165) is 26.1 Å². The number of amides is 1. The zero-order valence-electron chi connectivity index (χ0n) is 13.3. The molecule has 1 atom stereocenters. The van der Waals surface area contributed by atoms with Crippen LogP contribution in [0.15, 0.2) is 24.3 Å². The molecule has 0 saturated carbocycles. The van der Waals surface area contributed by atoms with Crippen LogP contribution in [0.1, 0.15) is 30.4 Å². The minimum atomic E-state index is -4.27. The average molecular weight is 328 g/mol. The number of nitrogens with zero attached hydrogens (tertiary/aromatic N) is 1. The molecule has 0 spiro atoms. The first kappa shape index (κ1) is 17.8. The Balaban J connectivity index is 1.69. The van der Waals surface area contributed by atoms with Crippen molar-refractivity contribution in [1.82, 2.24) is 10.2 Å². The highest BCUT2D eigenvalue weighted by Gasteiger charge is 2.28. The maximum absolute atomic E-state index is 12.1. The van der Waals surface area contributed by atoms with E-state index in [-0.39, 0.29) is 0 Å². The maximum atomic E-state index is 12.1. The fourth-order valence-electron chi connectivity index (χ4n) is 2.85. The van der Waals surface area contributed by atoms with Gasteiger partial charge in [-0.3, -0.25) is 9.69 Å². The van der Waals surface area contributed by atoms with Gasteiger partial charge in [0.05, 0.1) is 6.42 Å². The van der Waals surface area contributed by atoms with Gasteiger partial charge in [-0.15, -0.1) is 0 Å². The topological polar surface area (TPSA) is 32.3 Å². The van der Waals surface area contributed by atoms with Crippen LogP contribution in [0.3, 0.4) is 0 Å². The number of benzene rings is 1. The first-order valence-electron chi connectivity index (χ1n) is 7.94. The van der Waals surface area contributed by atoms with Crippen molar-refractivity contribution in [3.63, 3.8) is 0 Å². The fourth-order valence-corrected chi connectivity index (χ4v) is 2.85. The number of hydrogen-bond acceptors (Lipinski definition) is 2. The average Bonchev–Trinajstić information content (AvgIpc) is 2.92. The van der Waals surface area contributed by atoms with Crippen molar-refractivity contribution in [2.75, 3.05) is 19.6 Å². The Morgan fingerprint density at radius 2 is 2.09 bits per heavy atom. The van der Waals surface area contributed by atoms with Gasteiger partial charge in [0.1, 0.15) is 0 Å². The molecule has 128 valence electrons. The van der Waals surface area contributed by atoms with Crippen molar-refractivity contribution in [3.8, 4) is 0 Å². The number of nitrogens with one attached hydrogen (secondary N) is 1. The van der Waals surface area contributed by atoms with Crippen molar-refractivity contribution < 1.29 is 18.0 Å². The van der Waals surface area contributed by atoms with Gasteiger partial charge >= 0.3 is 6.18 Å². The molecule has 3 nitrogen and oxygen atoms in total. The lowest BCUT2D eigenvalue weighted by atomic mass is 10.1. The van der Waals surface area contributed by atoms with Gasteiger partial charge in [-0.25, -0.2) is 0 Å². The summed E-state index contributed by atoms with van der Waals surface area (Å²) in [5, 5.41) is 2.63. The van der Waals surface area contributed by atoms with Crippen LogP contribution in [0.25, 0.3) is 0 Å². The smallest absolute Gasteiger partial charge is 0.356 e. The molecule has 1 aliphatic rings. The summed E-state index contributed by atoms with van der Waals surface area (Å²) in [6.07, 6.45) is -4.84. The molecular weight excluding hydrogens is 305 g/mol. The van der Waals surface area contributed by atoms with Crippen molar-refractivity contribution >= 4 is 5.91 Å². The van der Waals surface area contributed by atoms with Gasteiger partial charge in [-0.1, -0.05) is 24.3 Å². The Hall–Kier alpha value is -1.56. The highest BCUT2D eigenvalue weighted by atomic mass is 19.4.